The van der Waals surface area contributed by atoms with Crippen molar-refractivity contribution >= 4 is 22.8 Å². The molecule has 3 aromatic heterocycles. The number of nitrogens with one attached hydrogen (secondary N) is 1. The molecule has 0 spiro atoms. The van der Waals surface area contributed by atoms with Gasteiger partial charge in [-0.1, -0.05) is 12.1 Å². The molecule has 7 nitrogen and oxygen atoms in total. The first kappa shape index (κ1) is 18.5. The average Bonchev–Trinajstić information content (AvgIpc) is 3.12. The normalized spacial score (nSPS) is 13.5. The largest absolute Gasteiger partial charge is 0.352 e. The highest BCUT2D eigenvalue weighted by Crippen LogP contribution is 2.29. The number of pyridine rings is 1. The maximum absolute atomic E-state index is 14.0. The number of aromatic nitrogens is 5. The monoisotopic (exact) mass is 403 g/mol. The van der Waals surface area contributed by atoms with Gasteiger partial charge in [0.15, 0.2) is 17.3 Å². The number of anilines is 3. The van der Waals surface area contributed by atoms with Gasteiger partial charge in [-0.05, 0) is 44.5 Å². The number of nitrogens with zero attached hydrogens (tertiary/aromatic N) is 6. The average molecular weight is 403 g/mol. The van der Waals surface area contributed by atoms with E-state index in [-0.39, 0.29) is 5.82 Å². The molecule has 8 heteroatoms. The van der Waals surface area contributed by atoms with Gasteiger partial charge in [0, 0.05) is 36.3 Å². The lowest BCUT2D eigenvalue weighted by Gasteiger charge is -2.31. The maximum atomic E-state index is 14.0. The zero-order valence-electron chi connectivity index (χ0n) is 17.1. The molecule has 1 N–H and O–H groups in total. The Morgan fingerprint density at radius 3 is 2.73 bits per heavy atom. The van der Waals surface area contributed by atoms with E-state index in [1.807, 2.05) is 17.5 Å². The summed E-state index contributed by atoms with van der Waals surface area (Å²) in [4.78, 5) is 6.87. The third kappa shape index (κ3) is 3.04. The molecule has 152 valence electrons. The summed E-state index contributed by atoms with van der Waals surface area (Å²) in [6, 6.07) is 8.68. The fourth-order valence-corrected chi connectivity index (χ4v) is 3.91. The summed E-state index contributed by atoms with van der Waals surface area (Å²) in [5.74, 6) is 1.41. The smallest absolute Gasteiger partial charge is 0.181 e. The SMILES string of the molecule is Cc1c(N2CCc3ncc(Nc4ccccc4F)cc3C2)nn2c(C)nnc2c1C. The first-order valence-corrected chi connectivity index (χ1v) is 9.95. The molecule has 0 saturated heterocycles. The van der Waals surface area contributed by atoms with Crippen molar-refractivity contribution in [2.45, 2.75) is 33.7 Å². The van der Waals surface area contributed by atoms with E-state index in [1.54, 1.807) is 24.4 Å². The van der Waals surface area contributed by atoms with Crippen LogP contribution in [0.5, 0.6) is 0 Å². The fraction of sp³-hybridized carbons (Fsp3) is 0.273. The summed E-state index contributed by atoms with van der Waals surface area (Å²) in [5.41, 5.74) is 6.37. The van der Waals surface area contributed by atoms with Gasteiger partial charge in [-0.15, -0.1) is 15.3 Å². The highest BCUT2D eigenvalue weighted by atomic mass is 19.1. The first-order valence-electron chi connectivity index (χ1n) is 9.95. The zero-order valence-corrected chi connectivity index (χ0v) is 17.1. The Bertz CT molecular complexity index is 1260. The Morgan fingerprint density at radius 1 is 1.07 bits per heavy atom. The summed E-state index contributed by atoms with van der Waals surface area (Å²) in [6.07, 6.45) is 2.59. The Morgan fingerprint density at radius 2 is 1.90 bits per heavy atom. The summed E-state index contributed by atoms with van der Waals surface area (Å²) in [6.45, 7) is 7.56. The van der Waals surface area contributed by atoms with E-state index in [0.29, 0.717) is 12.2 Å². The first-order chi connectivity index (χ1) is 14.5. The van der Waals surface area contributed by atoms with Crippen molar-refractivity contribution < 1.29 is 4.39 Å². The number of hydrogen-bond donors (Lipinski definition) is 1. The van der Waals surface area contributed by atoms with Crippen molar-refractivity contribution in [3.05, 3.63) is 70.6 Å². The van der Waals surface area contributed by atoms with Crippen LogP contribution in [0.15, 0.2) is 36.5 Å². The van der Waals surface area contributed by atoms with Gasteiger partial charge in [-0.2, -0.15) is 4.52 Å². The minimum absolute atomic E-state index is 0.287. The molecule has 0 saturated carbocycles. The Kier molecular flexibility index (Phi) is 4.34. The highest BCUT2D eigenvalue weighted by molar-refractivity contribution is 5.62. The van der Waals surface area contributed by atoms with Gasteiger partial charge in [0.25, 0.3) is 0 Å². The molecule has 4 heterocycles. The standard InChI is InChI=1S/C22H22FN7/c1-13-14(2)22(28-30-15(3)26-27-21(13)30)29-9-8-19-16(12-29)10-17(11-24-19)25-20-7-5-4-6-18(20)23/h4-7,10-11,25H,8-9,12H2,1-3H3. The van der Waals surface area contributed by atoms with Gasteiger partial charge in [-0.25, -0.2) is 4.39 Å². The Labute approximate surface area is 173 Å². The van der Waals surface area contributed by atoms with Gasteiger partial charge in [0.05, 0.1) is 17.6 Å². The van der Waals surface area contributed by atoms with Crippen LogP contribution in [0.2, 0.25) is 0 Å². The summed E-state index contributed by atoms with van der Waals surface area (Å²) >= 11 is 0. The van der Waals surface area contributed by atoms with Gasteiger partial charge >= 0.3 is 0 Å². The van der Waals surface area contributed by atoms with Crippen molar-refractivity contribution in [3.63, 3.8) is 0 Å². The maximum Gasteiger partial charge on any atom is 0.181 e. The molecule has 0 amide bonds. The molecule has 0 fully saturated rings. The lowest BCUT2D eigenvalue weighted by Crippen LogP contribution is -2.33. The number of halogens is 1. The molecule has 0 unspecified atom stereocenters. The van der Waals surface area contributed by atoms with Gasteiger partial charge in [0.2, 0.25) is 0 Å². The van der Waals surface area contributed by atoms with Gasteiger partial charge in [-0.3, -0.25) is 4.98 Å². The van der Waals surface area contributed by atoms with Crippen molar-refractivity contribution in [1.29, 1.82) is 0 Å². The van der Waals surface area contributed by atoms with Gasteiger partial charge in [0.1, 0.15) is 5.82 Å². The molecule has 30 heavy (non-hydrogen) atoms. The van der Waals surface area contributed by atoms with E-state index < -0.39 is 0 Å². The summed E-state index contributed by atoms with van der Waals surface area (Å²) in [5, 5.41) is 16.4. The van der Waals surface area contributed by atoms with Gasteiger partial charge < -0.3 is 10.2 Å². The number of fused-ring (bicyclic) bond motifs is 2. The molecule has 4 aromatic rings. The minimum atomic E-state index is -0.287. The number of rotatable bonds is 3. The van der Waals surface area contributed by atoms with E-state index >= 15 is 0 Å². The molecule has 1 aromatic carbocycles. The number of hydrogen-bond acceptors (Lipinski definition) is 6. The fourth-order valence-electron chi connectivity index (χ4n) is 3.91. The van der Waals surface area contributed by atoms with Crippen LogP contribution in [0.25, 0.3) is 5.65 Å². The van der Waals surface area contributed by atoms with Crippen LogP contribution in [0.4, 0.5) is 21.6 Å². The predicted molar refractivity (Wildman–Crippen MR) is 114 cm³/mol. The van der Waals surface area contributed by atoms with Crippen molar-refractivity contribution in [2.75, 3.05) is 16.8 Å². The molecule has 5 rings (SSSR count). The third-order valence-corrected chi connectivity index (χ3v) is 5.72. The number of para-hydroxylation sites is 1. The molecule has 1 aliphatic heterocycles. The minimum Gasteiger partial charge on any atom is -0.352 e. The Balaban J connectivity index is 1.47. The quantitative estimate of drug-likeness (QED) is 0.560. The summed E-state index contributed by atoms with van der Waals surface area (Å²) < 4.78 is 15.8. The van der Waals surface area contributed by atoms with Crippen LogP contribution in [0, 0.1) is 26.6 Å². The number of benzene rings is 1. The van der Waals surface area contributed by atoms with E-state index in [4.69, 9.17) is 5.10 Å². The van der Waals surface area contributed by atoms with Crippen LogP contribution in [0.3, 0.4) is 0 Å². The lowest BCUT2D eigenvalue weighted by atomic mass is 10.0. The van der Waals surface area contributed by atoms with E-state index in [9.17, 15) is 4.39 Å². The Hall–Kier alpha value is -3.55. The lowest BCUT2D eigenvalue weighted by molar-refractivity contribution is 0.632. The topological polar surface area (TPSA) is 71.2 Å². The van der Waals surface area contributed by atoms with Crippen LogP contribution in [-0.4, -0.2) is 31.3 Å². The highest BCUT2D eigenvalue weighted by Gasteiger charge is 2.23. The summed E-state index contributed by atoms with van der Waals surface area (Å²) in [7, 11) is 0. The van der Waals surface area contributed by atoms with Crippen molar-refractivity contribution in [1.82, 2.24) is 24.8 Å². The van der Waals surface area contributed by atoms with E-state index in [2.05, 4.69) is 39.2 Å². The van der Waals surface area contributed by atoms with Crippen LogP contribution >= 0.6 is 0 Å². The van der Waals surface area contributed by atoms with Crippen molar-refractivity contribution in [3.8, 4) is 0 Å². The van der Waals surface area contributed by atoms with E-state index in [1.165, 1.54) is 6.07 Å². The number of aryl methyl sites for hydroxylation is 2. The van der Waals surface area contributed by atoms with Crippen LogP contribution in [0.1, 0.15) is 28.2 Å². The molecule has 0 aliphatic carbocycles. The van der Waals surface area contributed by atoms with Crippen LogP contribution in [-0.2, 0) is 13.0 Å². The molecular weight excluding hydrogens is 381 g/mol. The molecule has 1 aliphatic rings. The second-order valence-corrected chi connectivity index (χ2v) is 7.66. The van der Waals surface area contributed by atoms with Crippen molar-refractivity contribution in [2.24, 2.45) is 0 Å². The zero-order chi connectivity index (χ0) is 20.8. The molecule has 0 radical (unpaired) electrons. The third-order valence-electron chi connectivity index (χ3n) is 5.72. The second-order valence-electron chi connectivity index (χ2n) is 7.66. The molecule has 0 atom stereocenters. The molecular formula is C22H22FN7. The molecule has 0 bridgehead atoms. The van der Waals surface area contributed by atoms with E-state index in [0.717, 1.165) is 58.3 Å². The predicted octanol–water partition coefficient (Wildman–Crippen LogP) is 3.89. The van der Waals surface area contributed by atoms with Crippen LogP contribution < -0.4 is 10.2 Å². The second kappa shape index (κ2) is 7.05.